The number of unbranched alkanes of at least 4 members (excludes halogenated alkanes) is 2. The molecule has 166 valence electrons. The van der Waals surface area contributed by atoms with Gasteiger partial charge in [0.2, 0.25) is 0 Å². The predicted molar refractivity (Wildman–Crippen MR) is 117 cm³/mol. The van der Waals surface area contributed by atoms with Gasteiger partial charge in [-0.05, 0) is 54.3 Å². The molecule has 0 aliphatic heterocycles. The van der Waals surface area contributed by atoms with Crippen molar-refractivity contribution in [3.05, 3.63) is 59.4 Å². The number of carbonyl (C=O) groups is 2. The Hall–Kier alpha value is -3.35. The Balaban J connectivity index is 2.16. The molecule has 0 aromatic heterocycles. The molecule has 0 radical (unpaired) electrons. The van der Waals surface area contributed by atoms with Crippen LogP contribution in [0, 0.1) is 5.82 Å². The van der Waals surface area contributed by atoms with Gasteiger partial charge >= 0.3 is 5.97 Å². The third kappa shape index (κ3) is 7.77. The third-order valence-corrected chi connectivity index (χ3v) is 4.66. The highest BCUT2D eigenvalue weighted by Crippen LogP contribution is 2.26. The van der Waals surface area contributed by atoms with E-state index >= 15 is 0 Å². The van der Waals surface area contributed by atoms with Crippen molar-refractivity contribution in [2.75, 3.05) is 27.9 Å². The lowest BCUT2D eigenvalue weighted by molar-refractivity contribution is -0.140. The van der Waals surface area contributed by atoms with Crippen LogP contribution in [0.5, 0.6) is 11.5 Å². The first-order chi connectivity index (χ1) is 15.0. The first-order valence-electron chi connectivity index (χ1n) is 10.0. The number of methoxy groups -OCH3 is 3. The molecular formula is C24H28FNO5. The minimum atomic E-state index is -0.378. The number of ether oxygens (including phenoxy) is 3. The molecule has 2 aromatic carbocycles. The third-order valence-electron chi connectivity index (χ3n) is 4.66. The summed E-state index contributed by atoms with van der Waals surface area (Å²) in [4.78, 5) is 24.1. The second kappa shape index (κ2) is 12.4. The van der Waals surface area contributed by atoms with Gasteiger partial charge in [-0.3, -0.25) is 9.59 Å². The SMILES string of the molecule is COC(=O)CCCCCNC(=O)C(=Cc1cc(OC)cc(OC)c1)c1ccc(F)cc1. The van der Waals surface area contributed by atoms with Crippen LogP contribution in [-0.4, -0.2) is 39.8 Å². The van der Waals surface area contributed by atoms with E-state index < -0.39 is 0 Å². The van der Waals surface area contributed by atoms with Gasteiger partial charge in [0.05, 0.1) is 21.3 Å². The molecule has 7 heteroatoms. The minimum absolute atomic E-state index is 0.237. The van der Waals surface area contributed by atoms with Crippen LogP contribution in [0.15, 0.2) is 42.5 Å². The maximum absolute atomic E-state index is 13.4. The van der Waals surface area contributed by atoms with Crippen molar-refractivity contribution in [1.29, 1.82) is 0 Å². The molecule has 0 aliphatic carbocycles. The average Bonchev–Trinajstić information content (AvgIpc) is 2.79. The molecule has 2 aromatic rings. The lowest BCUT2D eigenvalue weighted by Gasteiger charge is -2.11. The number of carbonyl (C=O) groups excluding carboxylic acids is 2. The molecule has 0 saturated heterocycles. The number of nitrogens with one attached hydrogen (secondary N) is 1. The summed E-state index contributed by atoms with van der Waals surface area (Å²) in [6.07, 6.45) is 4.30. The van der Waals surface area contributed by atoms with Crippen molar-refractivity contribution >= 4 is 23.5 Å². The lowest BCUT2D eigenvalue weighted by atomic mass is 10.0. The summed E-state index contributed by atoms with van der Waals surface area (Å²) in [6.45, 7) is 0.458. The second-order valence-electron chi connectivity index (χ2n) is 6.85. The van der Waals surface area contributed by atoms with E-state index in [2.05, 4.69) is 10.1 Å². The van der Waals surface area contributed by atoms with Crippen molar-refractivity contribution in [2.45, 2.75) is 25.7 Å². The molecule has 0 fully saturated rings. The van der Waals surface area contributed by atoms with Crippen LogP contribution >= 0.6 is 0 Å². The van der Waals surface area contributed by atoms with Crippen LogP contribution < -0.4 is 14.8 Å². The van der Waals surface area contributed by atoms with E-state index in [0.29, 0.717) is 47.6 Å². The van der Waals surface area contributed by atoms with Crippen molar-refractivity contribution in [3.8, 4) is 11.5 Å². The van der Waals surface area contributed by atoms with Gasteiger partial charge in [-0.2, -0.15) is 0 Å². The highest BCUT2D eigenvalue weighted by molar-refractivity contribution is 6.24. The van der Waals surface area contributed by atoms with Gasteiger partial charge in [0.25, 0.3) is 5.91 Å². The van der Waals surface area contributed by atoms with Crippen molar-refractivity contribution in [1.82, 2.24) is 5.32 Å². The zero-order valence-corrected chi connectivity index (χ0v) is 18.1. The van der Waals surface area contributed by atoms with E-state index in [1.165, 1.54) is 19.2 Å². The molecule has 1 amide bonds. The summed E-state index contributed by atoms with van der Waals surface area (Å²) in [7, 11) is 4.47. The number of esters is 1. The molecular weight excluding hydrogens is 401 g/mol. The number of rotatable bonds is 11. The fourth-order valence-corrected chi connectivity index (χ4v) is 2.96. The Morgan fingerprint density at radius 2 is 1.58 bits per heavy atom. The van der Waals surface area contributed by atoms with E-state index in [1.807, 2.05) is 0 Å². The van der Waals surface area contributed by atoms with Crippen LogP contribution in [0.1, 0.15) is 36.8 Å². The summed E-state index contributed by atoms with van der Waals surface area (Å²) < 4.78 is 28.6. The molecule has 2 rings (SSSR count). The smallest absolute Gasteiger partial charge is 0.305 e. The molecule has 0 atom stereocenters. The van der Waals surface area contributed by atoms with Gasteiger partial charge in [-0.25, -0.2) is 4.39 Å². The zero-order chi connectivity index (χ0) is 22.6. The standard InChI is InChI=1S/C24H28FNO5/c1-29-20-13-17(14-21(16-20)30-2)15-22(18-8-10-19(25)11-9-18)24(28)26-12-6-4-5-7-23(27)31-3/h8-11,13-16H,4-7,12H2,1-3H3,(H,26,28). The summed E-state index contributed by atoms with van der Waals surface area (Å²) in [5, 5.41) is 2.90. The first-order valence-corrected chi connectivity index (χ1v) is 10.0. The van der Waals surface area contributed by atoms with E-state index in [-0.39, 0.29) is 17.7 Å². The van der Waals surface area contributed by atoms with Crippen LogP contribution in [-0.2, 0) is 14.3 Å². The number of halogens is 1. The molecule has 6 nitrogen and oxygen atoms in total. The average molecular weight is 429 g/mol. The Bertz CT molecular complexity index is 886. The van der Waals surface area contributed by atoms with Gasteiger partial charge in [-0.15, -0.1) is 0 Å². The molecule has 0 spiro atoms. The Morgan fingerprint density at radius 3 is 2.16 bits per heavy atom. The Morgan fingerprint density at radius 1 is 0.935 bits per heavy atom. The molecule has 0 bridgehead atoms. The lowest BCUT2D eigenvalue weighted by Crippen LogP contribution is -2.25. The summed E-state index contributed by atoms with van der Waals surface area (Å²) in [5.74, 6) is 0.294. The largest absolute Gasteiger partial charge is 0.497 e. The zero-order valence-electron chi connectivity index (χ0n) is 18.1. The molecule has 0 saturated carbocycles. The van der Waals surface area contributed by atoms with E-state index in [0.717, 1.165) is 12.8 Å². The van der Waals surface area contributed by atoms with Gasteiger partial charge in [0.1, 0.15) is 17.3 Å². The monoisotopic (exact) mass is 429 g/mol. The van der Waals surface area contributed by atoms with E-state index in [9.17, 15) is 14.0 Å². The Labute approximate surface area is 182 Å². The summed E-state index contributed by atoms with van der Waals surface area (Å²) >= 11 is 0. The fraction of sp³-hybridized carbons (Fsp3) is 0.333. The van der Waals surface area contributed by atoms with E-state index in [4.69, 9.17) is 9.47 Å². The number of hydrogen-bond acceptors (Lipinski definition) is 5. The fourth-order valence-electron chi connectivity index (χ4n) is 2.96. The van der Waals surface area contributed by atoms with Crippen LogP contribution in [0.2, 0.25) is 0 Å². The molecule has 0 unspecified atom stereocenters. The summed E-state index contributed by atoms with van der Waals surface area (Å²) in [6, 6.07) is 11.1. The van der Waals surface area contributed by atoms with Crippen molar-refractivity contribution < 1.29 is 28.2 Å². The second-order valence-corrected chi connectivity index (χ2v) is 6.85. The molecule has 1 N–H and O–H groups in total. The summed E-state index contributed by atoms with van der Waals surface area (Å²) in [5.41, 5.74) is 1.69. The highest BCUT2D eigenvalue weighted by atomic mass is 19.1. The van der Waals surface area contributed by atoms with Gasteiger partial charge < -0.3 is 19.5 Å². The number of benzene rings is 2. The molecule has 0 heterocycles. The van der Waals surface area contributed by atoms with Crippen molar-refractivity contribution in [3.63, 3.8) is 0 Å². The quantitative estimate of drug-likeness (QED) is 0.250. The topological polar surface area (TPSA) is 73.9 Å². The molecule has 0 aliphatic rings. The van der Waals surface area contributed by atoms with E-state index in [1.54, 1.807) is 50.6 Å². The first kappa shape index (κ1) is 23.9. The van der Waals surface area contributed by atoms with Gasteiger partial charge in [0, 0.05) is 24.6 Å². The minimum Gasteiger partial charge on any atom is -0.497 e. The van der Waals surface area contributed by atoms with Crippen LogP contribution in [0.25, 0.3) is 11.6 Å². The van der Waals surface area contributed by atoms with Crippen LogP contribution in [0.4, 0.5) is 4.39 Å². The van der Waals surface area contributed by atoms with Crippen LogP contribution in [0.3, 0.4) is 0 Å². The number of hydrogen-bond donors (Lipinski definition) is 1. The molecule has 31 heavy (non-hydrogen) atoms. The normalized spacial score (nSPS) is 11.0. The Kier molecular flexibility index (Phi) is 9.55. The number of amides is 1. The maximum atomic E-state index is 13.4. The van der Waals surface area contributed by atoms with Gasteiger partial charge in [0.15, 0.2) is 0 Å². The maximum Gasteiger partial charge on any atom is 0.305 e. The van der Waals surface area contributed by atoms with Gasteiger partial charge in [-0.1, -0.05) is 18.6 Å². The van der Waals surface area contributed by atoms with Crippen molar-refractivity contribution in [2.24, 2.45) is 0 Å². The predicted octanol–water partition coefficient (Wildman–Crippen LogP) is 4.23. The highest BCUT2D eigenvalue weighted by Gasteiger charge is 2.13.